The number of anilines is 1. The number of carbonyl (C=O) groups is 1. The molecule has 5 rings (SSSR count). The summed E-state index contributed by atoms with van der Waals surface area (Å²) in [5.41, 5.74) is 0.638. The maximum Gasteiger partial charge on any atom is 0.270 e. The summed E-state index contributed by atoms with van der Waals surface area (Å²) in [5.74, 6) is -0.0681. The van der Waals surface area contributed by atoms with Crippen LogP contribution in [-0.2, 0) is 0 Å². The SMILES string of the molecule is COc1ccc(-c2c(NC(=O)c3cccc([N+](=O)[O-])c3)oc3c(sc4ccccc43)c2=O)cc1. The Labute approximate surface area is 196 Å². The maximum absolute atomic E-state index is 13.6. The minimum Gasteiger partial charge on any atom is -0.497 e. The third-order valence-corrected chi connectivity index (χ3v) is 6.49. The van der Waals surface area contributed by atoms with Gasteiger partial charge >= 0.3 is 0 Å². The quantitative estimate of drug-likeness (QED) is 0.254. The summed E-state index contributed by atoms with van der Waals surface area (Å²) in [6, 6.07) is 19.6. The van der Waals surface area contributed by atoms with Gasteiger partial charge in [-0.05, 0) is 35.9 Å². The van der Waals surface area contributed by atoms with Crippen LogP contribution in [0.3, 0.4) is 0 Å². The Morgan fingerprint density at radius 2 is 1.82 bits per heavy atom. The first-order valence-corrected chi connectivity index (χ1v) is 11.0. The highest BCUT2D eigenvalue weighted by Crippen LogP contribution is 2.37. The summed E-state index contributed by atoms with van der Waals surface area (Å²) in [7, 11) is 1.54. The van der Waals surface area contributed by atoms with Crippen molar-refractivity contribution in [1.82, 2.24) is 0 Å². The number of thiophene rings is 1. The van der Waals surface area contributed by atoms with E-state index in [1.165, 1.54) is 42.7 Å². The number of fused-ring (bicyclic) bond motifs is 3. The van der Waals surface area contributed by atoms with E-state index >= 15 is 0 Å². The maximum atomic E-state index is 13.6. The highest BCUT2D eigenvalue weighted by atomic mass is 32.1. The highest BCUT2D eigenvalue weighted by molar-refractivity contribution is 7.25. The number of ether oxygens (including phenoxy) is 1. The second-order valence-electron chi connectivity index (χ2n) is 7.38. The molecule has 0 aliphatic rings. The average molecular weight is 472 g/mol. The molecular formula is C25H16N2O6S. The molecule has 1 N–H and O–H groups in total. The summed E-state index contributed by atoms with van der Waals surface area (Å²) in [6.07, 6.45) is 0. The van der Waals surface area contributed by atoms with Crippen LogP contribution < -0.4 is 15.5 Å². The molecular weight excluding hydrogens is 456 g/mol. The van der Waals surface area contributed by atoms with Crippen molar-refractivity contribution in [1.29, 1.82) is 0 Å². The van der Waals surface area contributed by atoms with Crippen molar-refractivity contribution in [2.24, 2.45) is 0 Å². The van der Waals surface area contributed by atoms with Crippen LogP contribution in [0.4, 0.5) is 11.6 Å². The molecule has 9 heteroatoms. The zero-order valence-corrected chi connectivity index (χ0v) is 18.5. The lowest BCUT2D eigenvalue weighted by Crippen LogP contribution is -2.16. The van der Waals surface area contributed by atoms with E-state index in [-0.39, 0.29) is 28.1 Å². The smallest absolute Gasteiger partial charge is 0.270 e. The number of nitro benzene ring substituents is 1. The van der Waals surface area contributed by atoms with Crippen molar-refractivity contribution in [3.63, 3.8) is 0 Å². The van der Waals surface area contributed by atoms with Crippen molar-refractivity contribution in [3.05, 3.63) is 98.7 Å². The molecule has 0 radical (unpaired) electrons. The van der Waals surface area contributed by atoms with Gasteiger partial charge in [-0.2, -0.15) is 0 Å². The van der Waals surface area contributed by atoms with Gasteiger partial charge in [0.1, 0.15) is 10.4 Å². The van der Waals surface area contributed by atoms with E-state index in [0.717, 1.165) is 10.1 Å². The van der Waals surface area contributed by atoms with Crippen molar-refractivity contribution in [2.45, 2.75) is 0 Å². The van der Waals surface area contributed by atoms with Gasteiger partial charge in [-0.25, -0.2) is 0 Å². The number of nitro groups is 1. The largest absolute Gasteiger partial charge is 0.497 e. The van der Waals surface area contributed by atoms with Gasteiger partial charge in [0.15, 0.2) is 5.58 Å². The Bertz CT molecular complexity index is 1640. The fraction of sp³-hybridized carbons (Fsp3) is 0.0400. The molecule has 168 valence electrons. The number of hydrogen-bond donors (Lipinski definition) is 1. The molecule has 0 unspecified atom stereocenters. The first-order valence-electron chi connectivity index (χ1n) is 10.1. The summed E-state index contributed by atoms with van der Waals surface area (Å²) in [4.78, 5) is 37.2. The molecule has 0 bridgehead atoms. The van der Waals surface area contributed by atoms with Gasteiger partial charge in [-0.15, -0.1) is 11.3 Å². The number of hydrogen-bond acceptors (Lipinski definition) is 7. The van der Waals surface area contributed by atoms with Crippen LogP contribution in [0.1, 0.15) is 10.4 Å². The van der Waals surface area contributed by atoms with Crippen LogP contribution in [0.2, 0.25) is 0 Å². The molecule has 1 amide bonds. The summed E-state index contributed by atoms with van der Waals surface area (Å²) in [6.45, 7) is 0. The first kappa shape index (κ1) is 21.4. The van der Waals surface area contributed by atoms with Gasteiger partial charge in [0.2, 0.25) is 11.3 Å². The topological polar surface area (TPSA) is 112 Å². The summed E-state index contributed by atoms with van der Waals surface area (Å²) in [5, 5.41) is 14.5. The van der Waals surface area contributed by atoms with Crippen LogP contribution in [0, 0.1) is 10.1 Å². The van der Waals surface area contributed by atoms with Crippen molar-refractivity contribution >= 4 is 49.2 Å². The fourth-order valence-corrected chi connectivity index (χ4v) is 4.76. The number of benzene rings is 3. The minimum absolute atomic E-state index is 0.0391. The predicted octanol–water partition coefficient (Wildman–Crippen LogP) is 5.84. The van der Waals surface area contributed by atoms with Crippen LogP contribution in [0.25, 0.3) is 31.5 Å². The average Bonchev–Trinajstić information content (AvgIpc) is 3.23. The molecule has 0 atom stereocenters. The van der Waals surface area contributed by atoms with Crippen molar-refractivity contribution in [2.75, 3.05) is 12.4 Å². The molecule has 0 aliphatic heterocycles. The monoisotopic (exact) mass is 472 g/mol. The Hall–Kier alpha value is -4.50. The van der Waals surface area contributed by atoms with E-state index in [4.69, 9.17) is 9.15 Å². The molecule has 3 aromatic carbocycles. The predicted molar refractivity (Wildman–Crippen MR) is 131 cm³/mol. The molecule has 8 nitrogen and oxygen atoms in total. The van der Waals surface area contributed by atoms with E-state index in [1.807, 2.05) is 24.3 Å². The Balaban J connectivity index is 1.70. The Kier molecular flexibility index (Phi) is 5.31. The molecule has 0 fully saturated rings. The van der Waals surface area contributed by atoms with Gasteiger partial charge in [0, 0.05) is 27.8 Å². The molecule has 0 saturated carbocycles. The van der Waals surface area contributed by atoms with E-state index in [1.54, 1.807) is 24.3 Å². The minimum atomic E-state index is -0.638. The first-order chi connectivity index (χ1) is 16.5. The van der Waals surface area contributed by atoms with Gasteiger partial charge in [0.05, 0.1) is 17.6 Å². The number of carbonyl (C=O) groups excluding carboxylic acids is 1. The van der Waals surface area contributed by atoms with Gasteiger partial charge in [0.25, 0.3) is 11.6 Å². The Morgan fingerprint density at radius 1 is 1.06 bits per heavy atom. The zero-order valence-electron chi connectivity index (χ0n) is 17.7. The molecule has 34 heavy (non-hydrogen) atoms. The number of nitrogens with zero attached hydrogens (tertiary/aromatic N) is 1. The number of non-ortho nitro benzene ring substituents is 1. The molecule has 0 spiro atoms. The molecule has 0 saturated heterocycles. The second-order valence-corrected chi connectivity index (χ2v) is 8.43. The highest BCUT2D eigenvalue weighted by Gasteiger charge is 2.22. The van der Waals surface area contributed by atoms with E-state index in [2.05, 4.69) is 5.32 Å². The van der Waals surface area contributed by atoms with E-state index in [0.29, 0.717) is 21.6 Å². The second kappa shape index (κ2) is 8.45. The fourth-order valence-electron chi connectivity index (χ4n) is 3.69. The summed E-state index contributed by atoms with van der Waals surface area (Å²) >= 11 is 1.32. The number of methoxy groups -OCH3 is 1. The normalized spacial score (nSPS) is 11.0. The summed E-state index contributed by atoms with van der Waals surface area (Å²) < 4.78 is 12.6. The van der Waals surface area contributed by atoms with E-state index in [9.17, 15) is 19.7 Å². The Morgan fingerprint density at radius 3 is 2.56 bits per heavy atom. The number of nitrogens with one attached hydrogen (secondary N) is 1. The van der Waals surface area contributed by atoms with Crippen LogP contribution in [0.5, 0.6) is 5.75 Å². The third kappa shape index (κ3) is 3.67. The molecule has 2 heterocycles. The van der Waals surface area contributed by atoms with Crippen LogP contribution >= 0.6 is 11.3 Å². The molecule has 2 aromatic heterocycles. The lowest BCUT2D eigenvalue weighted by molar-refractivity contribution is -0.384. The third-order valence-electron chi connectivity index (χ3n) is 5.34. The van der Waals surface area contributed by atoms with Crippen molar-refractivity contribution in [3.8, 4) is 16.9 Å². The van der Waals surface area contributed by atoms with Gasteiger partial charge in [-0.3, -0.25) is 25.0 Å². The van der Waals surface area contributed by atoms with Crippen molar-refractivity contribution < 1.29 is 18.9 Å². The van der Waals surface area contributed by atoms with Gasteiger partial charge < -0.3 is 9.15 Å². The number of amides is 1. The van der Waals surface area contributed by atoms with Gasteiger partial charge in [-0.1, -0.05) is 30.3 Å². The zero-order chi connectivity index (χ0) is 23.8. The molecule has 0 aliphatic carbocycles. The van der Waals surface area contributed by atoms with Crippen LogP contribution in [-0.4, -0.2) is 17.9 Å². The van der Waals surface area contributed by atoms with E-state index < -0.39 is 10.8 Å². The standard InChI is InChI=1S/C25H16N2O6S/c1-32-17-11-9-14(10-12-17)20-21(28)23-22(18-7-2-3-8-19(18)34-23)33-25(20)26-24(29)15-5-4-6-16(13-15)27(30)31/h2-13H,1H3,(H,26,29). The number of rotatable bonds is 5. The molecule has 5 aromatic rings. The lowest BCUT2D eigenvalue weighted by Gasteiger charge is -2.11. The lowest BCUT2D eigenvalue weighted by atomic mass is 10.1. The van der Waals surface area contributed by atoms with Crippen LogP contribution in [0.15, 0.2) is 82.0 Å².